The topological polar surface area (TPSA) is 15.6 Å². The normalized spacial score (nSPS) is 15.8. The Kier molecular flexibility index (Phi) is 2.72. The van der Waals surface area contributed by atoms with Crippen LogP contribution in [0.25, 0.3) is 0 Å². The zero-order valence-corrected chi connectivity index (χ0v) is 9.81. The fourth-order valence-electron chi connectivity index (χ4n) is 1.49. The van der Waals surface area contributed by atoms with Crippen molar-refractivity contribution in [2.75, 3.05) is 18.5 Å². The zero-order chi connectivity index (χ0) is 11.0. The van der Waals surface area contributed by atoms with Gasteiger partial charge in [0.25, 0.3) is 0 Å². The quantitative estimate of drug-likeness (QED) is 0.680. The molecule has 1 aromatic carbocycles. The summed E-state index contributed by atoms with van der Waals surface area (Å²) in [6.45, 7) is 4.45. The molecule has 15 heavy (non-hydrogen) atoms. The molecule has 0 saturated carbocycles. The van der Waals surface area contributed by atoms with Crippen LogP contribution in [0, 0.1) is 0 Å². The first-order chi connectivity index (χ1) is 7.09. The Balaban J connectivity index is 2.63. The Morgan fingerprint density at radius 1 is 1.40 bits per heavy atom. The summed E-state index contributed by atoms with van der Waals surface area (Å²) in [6.07, 6.45) is 0. The van der Waals surface area contributed by atoms with Crippen molar-refractivity contribution in [1.29, 1.82) is 0 Å². The summed E-state index contributed by atoms with van der Waals surface area (Å²) in [6, 6.07) is 5.57. The van der Waals surface area contributed by atoms with Crippen molar-refractivity contribution in [2.45, 2.75) is 0 Å². The maximum absolute atomic E-state index is 6.08. The predicted octanol–water partition coefficient (Wildman–Crippen LogP) is 3.29. The summed E-state index contributed by atoms with van der Waals surface area (Å²) in [4.78, 5) is 6.20. The summed E-state index contributed by atoms with van der Waals surface area (Å²) in [5.41, 5.74) is 2.75. The van der Waals surface area contributed by atoms with Crippen LogP contribution in [0.5, 0.6) is 0 Å². The molecule has 0 atom stereocenters. The first-order valence-electron chi connectivity index (χ1n) is 4.51. The van der Waals surface area contributed by atoms with E-state index >= 15 is 0 Å². The van der Waals surface area contributed by atoms with E-state index < -0.39 is 0 Å². The van der Waals surface area contributed by atoms with Crippen molar-refractivity contribution >= 4 is 34.1 Å². The van der Waals surface area contributed by atoms with E-state index in [0.717, 1.165) is 16.9 Å². The number of benzene rings is 1. The molecule has 4 heteroatoms. The van der Waals surface area contributed by atoms with E-state index in [2.05, 4.69) is 11.6 Å². The van der Waals surface area contributed by atoms with Crippen LogP contribution in [-0.2, 0) is 0 Å². The van der Waals surface area contributed by atoms with Crippen LogP contribution in [0.15, 0.2) is 35.5 Å². The third kappa shape index (κ3) is 1.87. The van der Waals surface area contributed by atoms with Gasteiger partial charge in [-0.3, -0.25) is 4.99 Å². The molecule has 0 bridgehead atoms. The SMILES string of the molecule is C=C1CN=C(Cl)c2cc(Cl)ccc2N1C. The Bertz CT molecular complexity index is 452. The molecule has 0 N–H and O–H groups in total. The number of likely N-dealkylation sites (N-methyl/N-ethyl adjacent to an activating group) is 1. The minimum Gasteiger partial charge on any atom is -0.346 e. The molecule has 0 unspecified atom stereocenters. The second-order valence-corrected chi connectivity index (χ2v) is 4.19. The molecule has 1 aliphatic heterocycles. The van der Waals surface area contributed by atoms with Crippen LogP contribution in [0.4, 0.5) is 5.69 Å². The highest BCUT2D eigenvalue weighted by molar-refractivity contribution is 6.70. The Labute approximate surface area is 98.8 Å². The summed E-state index contributed by atoms with van der Waals surface area (Å²) in [7, 11) is 1.94. The molecule has 1 aromatic rings. The number of fused-ring (bicyclic) bond motifs is 1. The molecule has 0 saturated heterocycles. The van der Waals surface area contributed by atoms with Crippen LogP contribution < -0.4 is 4.90 Å². The number of nitrogens with zero attached hydrogens (tertiary/aromatic N) is 2. The third-order valence-corrected chi connectivity index (χ3v) is 2.98. The molecular weight excluding hydrogens is 231 g/mol. The number of halogens is 2. The van der Waals surface area contributed by atoms with E-state index in [1.165, 1.54) is 0 Å². The molecule has 2 nitrogen and oxygen atoms in total. The minimum atomic E-state index is 0.484. The summed E-state index contributed by atoms with van der Waals surface area (Å²) in [5.74, 6) is 0. The maximum atomic E-state index is 6.08. The van der Waals surface area contributed by atoms with Gasteiger partial charge in [0.05, 0.1) is 12.2 Å². The highest BCUT2D eigenvalue weighted by atomic mass is 35.5. The van der Waals surface area contributed by atoms with E-state index in [4.69, 9.17) is 23.2 Å². The lowest BCUT2D eigenvalue weighted by Crippen LogP contribution is -2.17. The molecule has 0 radical (unpaired) electrons. The predicted molar refractivity (Wildman–Crippen MR) is 66.3 cm³/mol. The molecule has 0 spiro atoms. The molecule has 0 aliphatic carbocycles. The van der Waals surface area contributed by atoms with Gasteiger partial charge in [0.2, 0.25) is 0 Å². The van der Waals surface area contributed by atoms with E-state index in [-0.39, 0.29) is 0 Å². The van der Waals surface area contributed by atoms with Crippen molar-refractivity contribution in [2.24, 2.45) is 4.99 Å². The van der Waals surface area contributed by atoms with Crippen LogP contribution in [0.1, 0.15) is 5.56 Å². The number of rotatable bonds is 0. The molecular formula is C11H10Cl2N2. The average Bonchev–Trinajstić information content (AvgIpc) is 2.32. The van der Waals surface area contributed by atoms with Crippen molar-refractivity contribution in [1.82, 2.24) is 0 Å². The fraction of sp³-hybridized carbons (Fsp3) is 0.182. The first kappa shape index (κ1) is 10.5. The van der Waals surface area contributed by atoms with Crippen LogP contribution in [0.2, 0.25) is 5.02 Å². The Morgan fingerprint density at radius 2 is 2.13 bits per heavy atom. The van der Waals surface area contributed by atoms with E-state index in [1.807, 2.05) is 30.1 Å². The van der Waals surface area contributed by atoms with Crippen molar-refractivity contribution < 1.29 is 0 Å². The zero-order valence-electron chi connectivity index (χ0n) is 8.30. The molecule has 0 fully saturated rings. The van der Waals surface area contributed by atoms with Crippen LogP contribution >= 0.6 is 23.2 Å². The van der Waals surface area contributed by atoms with Crippen LogP contribution in [0.3, 0.4) is 0 Å². The molecule has 1 heterocycles. The van der Waals surface area contributed by atoms with Gasteiger partial charge in [0, 0.05) is 23.3 Å². The summed E-state index contributed by atoms with van der Waals surface area (Å²) >= 11 is 12.0. The van der Waals surface area contributed by atoms with E-state index in [1.54, 1.807) is 0 Å². The van der Waals surface area contributed by atoms with Crippen molar-refractivity contribution in [3.05, 3.63) is 41.1 Å². The second kappa shape index (κ2) is 3.87. The van der Waals surface area contributed by atoms with E-state index in [9.17, 15) is 0 Å². The lowest BCUT2D eigenvalue weighted by atomic mass is 10.2. The molecule has 0 aromatic heterocycles. The van der Waals surface area contributed by atoms with Gasteiger partial charge in [0.15, 0.2) is 0 Å². The number of anilines is 1. The van der Waals surface area contributed by atoms with Gasteiger partial charge in [-0.05, 0) is 18.2 Å². The Morgan fingerprint density at radius 3 is 2.87 bits per heavy atom. The third-order valence-electron chi connectivity index (χ3n) is 2.42. The number of benzodiazepines with no additional fused rings is 1. The molecule has 78 valence electrons. The lowest BCUT2D eigenvalue weighted by molar-refractivity contribution is 1.03. The highest BCUT2D eigenvalue weighted by Crippen LogP contribution is 2.29. The number of hydrogen-bond acceptors (Lipinski definition) is 2. The van der Waals surface area contributed by atoms with Gasteiger partial charge in [-0.25, -0.2) is 0 Å². The van der Waals surface area contributed by atoms with E-state index in [0.29, 0.717) is 16.7 Å². The molecule has 0 amide bonds. The smallest absolute Gasteiger partial charge is 0.133 e. The second-order valence-electron chi connectivity index (χ2n) is 3.39. The van der Waals surface area contributed by atoms with Gasteiger partial charge in [-0.2, -0.15) is 0 Å². The maximum Gasteiger partial charge on any atom is 0.133 e. The largest absolute Gasteiger partial charge is 0.346 e. The summed E-state index contributed by atoms with van der Waals surface area (Å²) < 4.78 is 0. The lowest BCUT2D eigenvalue weighted by Gasteiger charge is -2.20. The summed E-state index contributed by atoms with van der Waals surface area (Å²) in [5, 5.41) is 1.14. The van der Waals surface area contributed by atoms with Gasteiger partial charge in [0.1, 0.15) is 5.17 Å². The first-order valence-corrected chi connectivity index (χ1v) is 5.26. The number of hydrogen-bond donors (Lipinski definition) is 0. The van der Waals surface area contributed by atoms with Gasteiger partial charge < -0.3 is 4.90 Å². The molecule has 1 aliphatic rings. The van der Waals surface area contributed by atoms with Gasteiger partial charge >= 0.3 is 0 Å². The Hall–Kier alpha value is -0.990. The monoisotopic (exact) mass is 240 g/mol. The van der Waals surface area contributed by atoms with Crippen molar-refractivity contribution in [3.63, 3.8) is 0 Å². The number of aliphatic imine (C=N–C) groups is 1. The van der Waals surface area contributed by atoms with Gasteiger partial charge in [-0.1, -0.05) is 29.8 Å². The highest BCUT2D eigenvalue weighted by Gasteiger charge is 2.17. The standard InChI is InChI=1S/C11H10Cl2N2/c1-7-6-14-11(13)9-5-8(12)3-4-10(9)15(7)2/h3-5H,1,6H2,2H3. The van der Waals surface area contributed by atoms with Crippen LogP contribution in [-0.4, -0.2) is 18.8 Å². The fourth-order valence-corrected chi connectivity index (χ4v) is 1.87. The van der Waals surface area contributed by atoms with Gasteiger partial charge in [-0.15, -0.1) is 0 Å². The minimum absolute atomic E-state index is 0.484. The van der Waals surface area contributed by atoms with Crippen molar-refractivity contribution in [3.8, 4) is 0 Å². The average molecular weight is 241 g/mol. The molecule has 2 rings (SSSR count).